The number of nitrogens with zero attached hydrogens (tertiary/aromatic N) is 1. The molecule has 0 radical (unpaired) electrons. The van der Waals surface area contributed by atoms with Gasteiger partial charge in [-0.25, -0.2) is 0 Å². The van der Waals surface area contributed by atoms with Crippen LogP contribution in [0.5, 0.6) is 0 Å². The minimum atomic E-state index is -0.334. The third-order valence-electron chi connectivity index (χ3n) is 4.28. The minimum absolute atomic E-state index is 0.0189. The third-order valence-corrected chi connectivity index (χ3v) is 5.46. The summed E-state index contributed by atoms with van der Waals surface area (Å²) >= 11 is 1.32. The van der Waals surface area contributed by atoms with E-state index in [0.717, 1.165) is 12.8 Å². The summed E-state index contributed by atoms with van der Waals surface area (Å²) in [6.45, 7) is 8.33. The molecule has 0 saturated heterocycles. The maximum absolute atomic E-state index is 12.0. The highest BCUT2D eigenvalue weighted by Gasteiger charge is 2.39. The molecule has 0 fully saturated rings. The van der Waals surface area contributed by atoms with Gasteiger partial charge in [0.25, 0.3) is 5.91 Å². The molecule has 0 spiro atoms. The van der Waals surface area contributed by atoms with E-state index in [2.05, 4.69) is 13.5 Å². The molecule has 24 heavy (non-hydrogen) atoms. The molecule has 0 aromatic heterocycles. The lowest BCUT2D eigenvalue weighted by molar-refractivity contribution is -0.133. The van der Waals surface area contributed by atoms with E-state index in [1.54, 1.807) is 24.1 Å². The Balaban J connectivity index is 2.45. The zero-order valence-electron chi connectivity index (χ0n) is 15.3. The van der Waals surface area contributed by atoms with Gasteiger partial charge in [-0.1, -0.05) is 63.3 Å². The first-order chi connectivity index (χ1) is 11.4. The van der Waals surface area contributed by atoms with E-state index in [9.17, 15) is 9.59 Å². The number of thioether (sulfide) groups is 1. The maximum Gasteiger partial charge on any atom is 0.260 e. The molecule has 1 aliphatic heterocycles. The van der Waals surface area contributed by atoms with Gasteiger partial charge in [0.05, 0.1) is 4.75 Å². The molecule has 1 heterocycles. The van der Waals surface area contributed by atoms with Gasteiger partial charge in [0.2, 0.25) is 5.12 Å². The molecular formula is C19H31NO3S. The molecule has 0 unspecified atom stereocenters. The Bertz CT molecular complexity index is 475. The molecule has 5 heteroatoms. The Labute approximate surface area is 150 Å². The largest absolute Gasteiger partial charge is 0.486 e. The monoisotopic (exact) mass is 353 g/mol. The Morgan fingerprint density at radius 1 is 1.33 bits per heavy atom. The molecule has 1 aliphatic rings. The van der Waals surface area contributed by atoms with E-state index >= 15 is 0 Å². The number of likely N-dealkylation sites (N-methyl/N-ethyl adjacent to an activating group) is 1. The number of hydrogen-bond donors (Lipinski definition) is 0. The lowest BCUT2D eigenvalue weighted by atomic mass is 9.99. The molecule has 0 saturated carbocycles. The van der Waals surface area contributed by atoms with Gasteiger partial charge < -0.3 is 9.64 Å². The van der Waals surface area contributed by atoms with Crippen LogP contribution in [-0.2, 0) is 14.3 Å². The lowest BCUT2D eigenvalue weighted by Gasteiger charge is -2.26. The van der Waals surface area contributed by atoms with Crippen LogP contribution in [0.4, 0.5) is 0 Å². The van der Waals surface area contributed by atoms with Gasteiger partial charge in [-0.05, 0) is 13.3 Å². The number of hydrogen-bond acceptors (Lipinski definition) is 4. The number of carbonyl (C=O) groups is 2. The third kappa shape index (κ3) is 6.71. The minimum Gasteiger partial charge on any atom is -0.486 e. The van der Waals surface area contributed by atoms with Gasteiger partial charge in [0.15, 0.2) is 6.61 Å². The van der Waals surface area contributed by atoms with Crippen molar-refractivity contribution in [3.05, 3.63) is 24.5 Å². The maximum atomic E-state index is 12.0. The van der Waals surface area contributed by atoms with Gasteiger partial charge in [-0.3, -0.25) is 9.59 Å². The van der Waals surface area contributed by atoms with E-state index in [0.29, 0.717) is 12.3 Å². The summed E-state index contributed by atoms with van der Waals surface area (Å²) in [6.07, 6.45) is 11.4. The quantitative estimate of drug-likeness (QED) is 0.387. The Morgan fingerprint density at radius 3 is 2.67 bits per heavy atom. The van der Waals surface area contributed by atoms with Crippen LogP contribution in [0.15, 0.2) is 24.5 Å². The first-order valence-electron chi connectivity index (χ1n) is 8.85. The van der Waals surface area contributed by atoms with Crippen LogP contribution in [-0.4, -0.2) is 40.9 Å². The smallest absolute Gasteiger partial charge is 0.260 e. The average Bonchev–Trinajstić information content (AvgIpc) is 2.82. The fourth-order valence-electron chi connectivity index (χ4n) is 2.72. The summed E-state index contributed by atoms with van der Waals surface area (Å²) in [7, 11) is 1.71. The van der Waals surface area contributed by atoms with Crippen molar-refractivity contribution < 1.29 is 14.3 Å². The second kappa shape index (κ2) is 10.6. The van der Waals surface area contributed by atoms with Crippen LogP contribution in [0.2, 0.25) is 0 Å². The summed E-state index contributed by atoms with van der Waals surface area (Å²) in [5.41, 5.74) is 0. The summed E-state index contributed by atoms with van der Waals surface area (Å²) in [5, 5.41) is 0.0189. The molecule has 0 aromatic carbocycles. The van der Waals surface area contributed by atoms with Crippen molar-refractivity contribution in [2.45, 2.75) is 63.5 Å². The zero-order chi connectivity index (χ0) is 18.0. The summed E-state index contributed by atoms with van der Waals surface area (Å²) < 4.78 is 5.37. The van der Waals surface area contributed by atoms with Crippen LogP contribution < -0.4 is 0 Å². The summed E-state index contributed by atoms with van der Waals surface area (Å²) in [6, 6.07) is 0. The zero-order valence-corrected chi connectivity index (χ0v) is 16.1. The molecule has 4 nitrogen and oxygen atoms in total. The van der Waals surface area contributed by atoms with Crippen molar-refractivity contribution >= 4 is 22.8 Å². The van der Waals surface area contributed by atoms with Crippen molar-refractivity contribution in [3.8, 4) is 0 Å². The van der Waals surface area contributed by atoms with Crippen LogP contribution in [0.3, 0.4) is 0 Å². The van der Waals surface area contributed by atoms with Crippen molar-refractivity contribution in [1.29, 1.82) is 0 Å². The molecule has 0 aliphatic carbocycles. The Kier molecular flexibility index (Phi) is 9.19. The molecule has 1 atom stereocenters. The van der Waals surface area contributed by atoms with Gasteiger partial charge >= 0.3 is 0 Å². The fourth-order valence-corrected chi connectivity index (χ4v) is 3.79. The molecule has 1 amide bonds. The highest BCUT2D eigenvalue weighted by Crippen LogP contribution is 2.44. The van der Waals surface area contributed by atoms with Crippen LogP contribution in [0.1, 0.15) is 58.8 Å². The number of carbonyl (C=O) groups excluding carboxylic acids is 2. The number of unbranched alkanes of at least 4 members (excludes halogenated alkanes) is 5. The highest BCUT2D eigenvalue weighted by molar-refractivity contribution is 8.15. The molecule has 0 bridgehead atoms. The molecule has 136 valence electrons. The molecule has 0 N–H and O–H groups in total. The summed E-state index contributed by atoms with van der Waals surface area (Å²) in [4.78, 5) is 25.4. The normalized spacial score (nSPS) is 20.0. The van der Waals surface area contributed by atoms with Crippen molar-refractivity contribution in [2.75, 3.05) is 20.2 Å². The lowest BCUT2D eigenvalue weighted by Crippen LogP contribution is -2.32. The van der Waals surface area contributed by atoms with Crippen molar-refractivity contribution in [2.24, 2.45) is 0 Å². The second-order valence-electron chi connectivity index (χ2n) is 6.53. The average molecular weight is 354 g/mol. The molecule has 0 aromatic rings. The van der Waals surface area contributed by atoms with Crippen molar-refractivity contribution in [3.63, 3.8) is 0 Å². The predicted octanol–water partition coefficient (Wildman–Crippen LogP) is 4.31. The van der Waals surface area contributed by atoms with E-state index < -0.39 is 0 Å². The van der Waals surface area contributed by atoms with Crippen LogP contribution in [0.25, 0.3) is 0 Å². The topological polar surface area (TPSA) is 46.6 Å². The standard InChI is InChI=1S/C19H31NO3S/c1-5-7-8-9-10-11-12-19(3)16(14-18(22)24-19)23-15-17(21)20(4)13-6-2/h6,14H,2,5,7-13,15H2,1,3-4H3/t19-/m1/s1. The van der Waals surface area contributed by atoms with E-state index in [4.69, 9.17) is 4.74 Å². The number of ether oxygens (including phenoxy) is 1. The van der Waals surface area contributed by atoms with E-state index in [1.807, 2.05) is 6.92 Å². The second-order valence-corrected chi connectivity index (χ2v) is 8.04. The van der Waals surface area contributed by atoms with Gasteiger partial charge in [0.1, 0.15) is 5.76 Å². The number of rotatable bonds is 12. The van der Waals surface area contributed by atoms with E-state index in [-0.39, 0.29) is 22.4 Å². The predicted molar refractivity (Wildman–Crippen MR) is 101 cm³/mol. The van der Waals surface area contributed by atoms with Crippen molar-refractivity contribution in [1.82, 2.24) is 4.90 Å². The summed E-state index contributed by atoms with van der Waals surface area (Å²) in [5.74, 6) is 0.536. The van der Waals surface area contributed by atoms with Gasteiger partial charge in [0, 0.05) is 19.7 Å². The van der Waals surface area contributed by atoms with Gasteiger partial charge in [-0.2, -0.15) is 0 Å². The highest BCUT2D eigenvalue weighted by atomic mass is 32.2. The number of amides is 1. The van der Waals surface area contributed by atoms with Crippen LogP contribution >= 0.6 is 11.8 Å². The molecular weight excluding hydrogens is 322 g/mol. The van der Waals surface area contributed by atoms with Crippen LogP contribution in [0, 0.1) is 0 Å². The first kappa shape index (κ1) is 20.8. The van der Waals surface area contributed by atoms with E-state index in [1.165, 1.54) is 43.9 Å². The Hall–Kier alpha value is -1.23. The fraction of sp³-hybridized carbons (Fsp3) is 0.684. The van der Waals surface area contributed by atoms with Gasteiger partial charge in [-0.15, -0.1) is 6.58 Å². The Morgan fingerprint density at radius 2 is 2.00 bits per heavy atom. The first-order valence-corrected chi connectivity index (χ1v) is 9.67. The SMILES string of the molecule is C=CCN(C)C(=O)COC1=CC(=O)S[C@]1(C)CCCCCCCC. The molecule has 1 rings (SSSR count).